The van der Waals surface area contributed by atoms with Crippen LogP contribution in [0.3, 0.4) is 0 Å². The molecule has 0 unspecified atom stereocenters. The Morgan fingerprint density at radius 2 is 2.14 bits per heavy atom. The first-order valence-electron chi connectivity index (χ1n) is 8.67. The van der Waals surface area contributed by atoms with Crippen LogP contribution in [0.25, 0.3) is 17.0 Å². The molecule has 0 bridgehead atoms. The van der Waals surface area contributed by atoms with Crippen LogP contribution in [0.4, 0.5) is 4.79 Å². The topological polar surface area (TPSA) is 107 Å². The van der Waals surface area contributed by atoms with Crippen molar-refractivity contribution in [1.82, 2.24) is 34.9 Å². The van der Waals surface area contributed by atoms with Crippen molar-refractivity contribution in [2.75, 3.05) is 6.61 Å². The molecule has 4 aromatic rings. The summed E-state index contributed by atoms with van der Waals surface area (Å²) in [6.07, 6.45) is 9.26. The number of aryl methyl sites for hydroxylation is 1. The van der Waals surface area contributed by atoms with E-state index in [0.29, 0.717) is 24.5 Å². The summed E-state index contributed by atoms with van der Waals surface area (Å²) in [5.74, 6) is 0.560. The second kappa shape index (κ2) is 8.53. The summed E-state index contributed by atoms with van der Waals surface area (Å²) in [6, 6.07) is 1.97. The second-order valence-electron chi connectivity index (χ2n) is 5.92. The number of hydrogen-bond donors (Lipinski definition) is 1. The number of aromatic nitrogens is 6. The summed E-state index contributed by atoms with van der Waals surface area (Å²) in [7, 11) is 0. The SMILES string of the molecule is O=C(NCc1nccnc1-c1ccsc1)OCCCc1cnc2ncnn2c1. The summed E-state index contributed by atoms with van der Waals surface area (Å²) in [4.78, 5) is 28.8. The third-order valence-electron chi connectivity index (χ3n) is 4.00. The number of nitrogens with zero attached hydrogens (tertiary/aromatic N) is 6. The molecule has 0 saturated heterocycles. The van der Waals surface area contributed by atoms with Gasteiger partial charge in [-0.15, -0.1) is 0 Å². The molecule has 0 spiro atoms. The number of alkyl carbamates (subject to hydrolysis) is 1. The van der Waals surface area contributed by atoms with Crippen molar-refractivity contribution >= 4 is 23.2 Å². The van der Waals surface area contributed by atoms with Crippen molar-refractivity contribution in [3.63, 3.8) is 0 Å². The predicted octanol–water partition coefficient (Wildman–Crippen LogP) is 2.50. The lowest BCUT2D eigenvalue weighted by Gasteiger charge is -2.09. The first-order valence-corrected chi connectivity index (χ1v) is 9.61. The molecule has 1 amide bonds. The minimum atomic E-state index is -0.480. The number of carbonyl (C=O) groups is 1. The van der Waals surface area contributed by atoms with Gasteiger partial charge in [0.2, 0.25) is 0 Å². The van der Waals surface area contributed by atoms with E-state index in [-0.39, 0.29) is 6.54 Å². The van der Waals surface area contributed by atoms with Crippen molar-refractivity contribution in [2.45, 2.75) is 19.4 Å². The highest BCUT2D eigenvalue weighted by atomic mass is 32.1. The van der Waals surface area contributed by atoms with Gasteiger partial charge in [-0.05, 0) is 29.9 Å². The fraction of sp³-hybridized carbons (Fsp3) is 0.222. The Hall–Kier alpha value is -3.40. The summed E-state index contributed by atoms with van der Waals surface area (Å²) in [6.45, 7) is 0.559. The zero-order valence-corrected chi connectivity index (χ0v) is 15.7. The molecule has 0 atom stereocenters. The van der Waals surface area contributed by atoms with E-state index in [1.807, 2.05) is 23.0 Å². The molecule has 0 aromatic carbocycles. The Bertz CT molecular complexity index is 1060. The van der Waals surface area contributed by atoms with Crippen LogP contribution in [0.15, 0.2) is 47.9 Å². The van der Waals surface area contributed by atoms with E-state index >= 15 is 0 Å². The molecule has 0 aliphatic carbocycles. The molecule has 142 valence electrons. The monoisotopic (exact) mass is 395 g/mol. The molecule has 10 heteroatoms. The highest BCUT2D eigenvalue weighted by Crippen LogP contribution is 2.22. The highest BCUT2D eigenvalue weighted by Gasteiger charge is 2.10. The zero-order chi connectivity index (χ0) is 19.2. The molecule has 0 radical (unpaired) electrons. The Kier molecular flexibility index (Phi) is 5.48. The van der Waals surface area contributed by atoms with Gasteiger partial charge < -0.3 is 10.1 Å². The van der Waals surface area contributed by atoms with Gasteiger partial charge in [0.15, 0.2) is 0 Å². The smallest absolute Gasteiger partial charge is 0.407 e. The van der Waals surface area contributed by atoms with Crippen LogP contribution in [0.5, 0.6) is 0 Å². The summed E-state index contributed by atoms with van der Waals surface area (Å²) >= 11 is 1.59. The number of hydrogen-bond acceptors (Lipinski definition) is 8. The quantitative estimate of drug-likeness (QED) is 0.479. The molecular formula is C18H17N7O2S. The fourth-order valence-corrected chi connectivity index (χ4v) is 3.31. The summed E-state index contributed by atoms with van der Waals surface area (Å²) < 4.78 is 6.86. The Labute approximate surface area is 164 Å². The van der Waals surface area contributed by atoms with Crippen LogP contribution in [0, 0.1) is 0 Å². The largest absolute Gasteiger partial charge is 0.450 e. The van der Waals surface area contributed by atoms with E-state index in [1.54, 1.807) is 34.4 Å². The van der Waals surface area contributed by atoms with E-state index in [9.17, 15) is 4.79 Å². The van der Waals surface area contributed by atoms with Crippen LogP contribution in [0.2, 0.25) is 0 Å². The molecule has 0 saturated carbocycles. The van der Waals surface area contributed by atoms with Gasteiger partial charge in [-0.25, -0.2) is 14.3 Å². The van der Waals surface area contributed by atoms with E-state index in [0.717, 1.165) is 23.2 Å². The summed E-state index contributed by atoms with van der Waals surface area (Å²) in [5, 5.41) is 10.8. The van der Waals surface area contributed by atoms with Gasteiger partial charge in [0.05, 0.1) is 24.5 Å². The molecule has 1 N–H and O–H groups in total. The average molecular weight is 395 g/mol. The van der Waals surface area contributed by atoms with Gasteiger partial charge in [-0.3, -0.25) is 9.97 Å². The number of ether oxygens (including phenoxy) is 1. The van der Waals surface area contributed by atoms with Crippen LogP contribution in [0.1, 0.15) is 17.7 Å². The molecule has 0 aliphatic heterocycles. The maximum absolute atomic E-state index is 12.0. The van der Waals surface area contributed by atoms with Gasteiger partial charge in [0, 0.05) is 35.7 Å². The van der Waals surface area contributed by atoms with Crippen molar-refractivity contribution in [3.05, 3.63) is 59.2 Å². The summed E-state index contributed by atoms with van der Waals surface area (Å²) in [5.41, 5.74) is 3.45. The molecule has 4 aromatic heterocycles. The first kappa shape index (κ1) is 18.0. The van der Waals surface area contributed by atoms with Gasteiger partial charge in [-0.2, -0.15) is 21.4 Å². The lowest BCUT2D eigenvalue weighted by Crippen LogP contribution is -2.25. The maximum Gasteiger partial charge on any atom is 0.407 e. The molecule has 0 aliphatic rings. The first-order chi connectivity index (χ1) is 13.8. The van der Waals surface area contributed by atoms with Crippen molar-refractivity contribution in [1.29, 1.82) is 0 Å². The van der Waals surface area contributed by atoms with Gasteiger partial charge >= 0.3 is 6.09 Å². The number of amides is 1. The number of rotatable bonds is 7. The minimum absolute atomic E-state index is 0.255. The Morgan fingerprint density at radius 3 is 3.04 bits per heavy atom. The molecule has 9 nitrogen and oxygen atoms in total. The van der Waals surface area contributed by atoms with Gasteiger partial charge in [0.25, 0.3) is 5.78 Å². The lowest BCUT2D eigenvalue weighted by atomic mass is 10.2. The van der Waals surface area contributed by atoms with E-state index < -0.39 is 6.09 Å². The average Bonchev–Trinajstić information content (AvgIpc) is 3.41. The number of fused-ring (bicyclic) bond motifs is 1. The van der Waals surface area contributed by atoms with Gasteiger partial charge in [0.1, 0.15) is 6.33 Å². The van der Waals surface area contributed by atoms with Gasteiger partial charge in [-0.1, -0.05) is 0 Å². The van der Waals surface area contributed by atoms with E-state index in [2.05, 4.69) is 30.4 Å². The molecule has 28 heavy (non-hydrogen) atoms. The van der Waals surface area contributed by atoms with Crippen molar-refractivity contribution in [2.24, 2.45) is 0 Å². The standard InChI is InChI=1S/C18H17N7O2S/c26-18(22-9-15-16(20-5-4-19-15)14-3-7-28-11-14)27-6-1-2-13-8-21-17-23-12-24-25(17)10-13/h3-5,7-8,10-12H,1-2,6,9H2,(H,22,26). The minimum Gasteiger partial charge on any atom is -0.450 e. The van der Waals surface area contributed by atoms with E-state index in [4.69, 9.17) is 4.74 Å². The Morgan fingerprint density at radius 1 is 1.21 bits per heavy atom. The second-order valence-corrected chi connectivity index (χ2v) is 6.70. The molecular weight excluding hydrogens is 378 g/mol. The van der Waals surface area contributed by atoms with Crippen LogP contribution in [-0.4, -0.2) is 42.3 Å². The van der Waals surface area contributed by atoms with Crippen molar-refractivity contribution < 1.29 is 9.53 Å². The van der Waals surface area contributed by atoms with Crippen molar-refractivity contribution in [3.8, 4) is 11.3 Å². The molecule has 0 fully saturated rings. The Balaban J connectivity index is 1.23. The predicted molar refractivity (Wildman–Crippen MR) is 103 cm³/mol. The van der Waals surface area contributed by atoms with Crippen LogP contribution in [-0.2, 0) is 17.7 Å². The fourth-order valence-electron chi connectivity index (χ4n) is 2.67. The third-order valence-corrected chi connectivity index (χ3v) is 4.68. The third kappa shape index (κ3) is 4.29. The normalized spacial score (nSPS) is 10.9. The lowest BCUT2D eigenvalue weighted by molar-refractivity contribution is 0.144. The number of carbonyl (C=O) groups excluding carboxylic acids is 1. The van der Waals surface area contributed by atoms with E-state index in [1.165, 1.54) is 6.33 Å². The highest BCUT2D eigenvalue weighted by molar-refractivity contribution is 7.08. The van der Waals surface area contributed by atoms with Crippen LogP contribution >= 0.6 is 11.3 Å². The number of thiophene rings is 1. The molecule has 4 heterocycles. The molecule has 4 rings (SSSR count). The number of nitrogens with one attached hydrogen (secondary N) is 1. The maximum atomic E-state index is 12.0. The zero-order valence-electron chi connectivity index (χ0n) is 14.9. The van der Waals surface area contributed by atoms with Crippen LogP contribution < -0.4 is 5.32 Å².